The summed E-state index contributed by atoms with van der Waals surface area (Å²) in [7, 11) is 0. The fourth-order valence-corrected chi connectivity index (χ4v) is 4.55. The molecule has 2 bridgehead atoms. The molecule has 3 amide bonds. The van der Waals surface area contributed by atoms with Crippen LogP contribution in [0.1, 0.15) is 29.5 Å². The summed E-state index contributed by atoms with van der Waals surface area (Å²) in [5.41, 5.74) is 3.66. The van der Waals surface area contributed by atoms with Crippen molar-refractivity contribution >= 4 is 11.9 Å². The van der Waals surface area contributed by atoms with Gasteiger partial charge in [0.25, 0.3) is 0 Å². The highest BCUT2D eigenvalue weighted by molar-refractivity contribution is 5.85. The summed E-state index contributed by atoms with van der Waals surface area (Å²) in [5, 5.41) is 3.19. The zero-order valence-electron chi connectivity index (χ0n) is 16.4. The number of piperazine rings is 1. The molecule has 1 aromatic rings. The van der Waals surface area contributed by atoms with Crippen LogP contribution in [-0.4, -0.2) is 71.9 Å². The normalized spacial score (nSPS) is 27.8. The number of nitrogens with one attached hydrogen (secondary N) is 1. The predicted molar refractivity (Wildman–Crippen MR) is 104 cm³/mol. The highest BCUT2D eigenvalue weighted by Crippen LogP contribution is 2.27. The van der Waals surface area contributed by atoms with Gasteiger partial charge in [-0.05, 0) is 62.4 Å². The fourth-order valence-electron chi connectivity index (χ4n) is 4.55. The van der Waals surface area contributed by atoms with Crippen molar-refractivity contribution in [1.29, 1.82) is 0 Å². The summed E-state index contributed by atoms with van der Waals surface area (Å²) in [4.78, 5) is 31.2. The fraction of sp³-hybridized carbons (Fsp3) is 0.619. The summed E-state index contributed by atoms with van der Waals surface area (Å²) >= 11 is 0. The molecular weight excluding hydrogens is 340 g/mol. The Kier molecular flexibility index (Phi) is 5.08. The number of hydrogen-bond acceptors (Lipinski definition) is 3. The maximum atomic E-state index is 12.7. The van der Waals surface area contributed by atoms with Crippen molar-refractivity contribution in [1.82, 2.24) is 20.0 Å². The van der Waals surface area contributed by atoms with Crippen molar-refractivity contribution in [3.05, 3.63) is 34.9 Å². The number of benzene rings is 1. The molecule has 0 aliphatic carbocycles. The number of rotatable bonds is 3. The lowest BCUT2D eigenvalue weighted by molar-refractivity contribution is -0.135. The Labute approximate surface area is 161 Å². The minimum absolute atomic E-state index is 0.0311. The smallest absolute Gasteiger partial charge is 0.318 e. The number of piperidine rings is 3. The van der Waals surface area contributed by atoms with Crippen molar-refractivity contribution in [2.45, 2.75) is 39.3 Å². The van der Waals surface area contributed by atoms with E-state index in [4.69, 9.17) is 0 Å². The number of carbonyl (C=O) groups is 2. The summed E-state index contributed by atoms with van der Waals surface area (Å²) in [6.45, 7) is 9.46. The molecule has 0 saturated carbocycles. The monoisotopic (exact) mass is 370 g/mol. The molecule has 0 radical (unpaired) electrons. The van der Waals surface area contributed by atoms with Crippen LogP contribution in [-0.2, 0) is 11.3 Å². The molecule has 4 fully saturated rings. The van der Waals surface area contributed by atoms with Gasteiger partial charge in [-0.15, -0.1) is 0 Å². The van der Waals surface area contributed by atoms with E-state index in [0.717, 1.165) is 25.2 Å². The minimum Gasteiger partial charge on any atom is -0.335 e. The standard InChI is InChI=1S/C21H30N4O2/c1-15-3-4-17(11-16(15)2)12-24-9-10-25(14-20(24)26)21(27)22-19-13-23-7-5-18(19)6-8-23/h3-4,11,18-19H,5-10,12-14H2,1-2H3,(H,22,27). The van der Waals surface area contributed by atoms with Gasteiger partial charge in [-0.1, -0.05) is 18.2 Å². The van der Waals surface area contributed by atoms with E-state index in [1.165, 1.54) is 24.0 Å². The molecule has 27 heavy (non-hydrogen) atoms. The Morgan fingerprint density at radius 1 is 1.11 bits per heavy atom. The molecule has 146 valence electrons. The predicted octanol–water partition coefficient (Wildman–Crippen LogP) is 1.75. The van der Waals surface area contributed by atoms with Gasteiger partial charge >= 0.3 is 6.03 Å². The molecule has 6 nitrogen and oxygen atoms in total. The molecule has 4 aliphatic rings. The molecule has 1 atom stereocenters. The van der Waals surface area contributed by atoms with Crippen LogP contribution < -0.4 is 5.32 Å². The number of fused-ring (bicyclic) bond motifs is 3. The Bertz CT molecular complexity index is 727. The summed E-state index contributed by atoms with van der Waals surface area (Å²) < 4.78 is 0. The summed E-state index contributed by atoms with van der Waals surface area (Å²) in [6.07, 6.45) is 2.35. The first-order chi connectivity index (χ1) is 13.0. The molecule has 6 heteroatoms. The number of aryl methyl sites for hydroxylation is 2. The molecule has 4 saturated heterocycles. The average molecular weight is 370 g/mol. The Balaban J connectivity index is 1.31. The van der Waals surface area contributed by atoms with E-state index in [0.29, 0.717) is 25.6 Å². The third kappa shape index (κ3) is 3.95. The second kappa shape index (κ2) is 7.50. The van der Waals surface area contributed by atoms with E-state index in [2.05, 4.69) is 42.3 Å². The average Bonchev–Trinajstić information content (AvgIpc) is 2.67. The summed E-state index contributed by atoms with van der Waals surface area (Å²) in [6, 6.07) is 6.50. The van der Waals surface area contributed by atoms with Crippen LogP contribution in [0.4, 0.5) is 4.79 Å². The molecule has 4 heterocycles. The van der Waals surface area contributed by atoms with Gasteiger partial charge in [-0.3, -0.25) is 4.79 Å². The third-order valence-corrected chi connectivity index (χ3v) is 6.52. The first kappa shape index (κ1) is 18.3. The van der Waals surface area contributed by atoms with Crippen LogP contribution in [0.15, 0.2) is 18.2 Å². The van der Waals surface area contributed by atoms with Crippen LogP contribution in [0.5, 0.6) is 0 Å². The summed E-state index contributed by atoms with van der Waals surface area (Å²) in [5.74, 6) is 0.629. The highest BCUT2D eigenvalue weighted by atomic mass is 16.2. The largest absolute Gasteiger partial charge is 0.335 e. The van der Waals surface area contributed by atoms with Gasteiger partial charge in [0, 0.05) is 32.2 Å². The molecule has 5 rings (SSSR count). The van der Waals surface area contributed by atoms with E-state index in [9.17, 15) is 9.59 Å². The van der Waals surface area contributed by atoms with Gasteiger partial charge in [0.05, 0.1) is 0 Å². The van der Waals surface area contributed by atoms with E-state index in [1.54, 1.807) is 4.90 Å². The van der Waals surface area contributed by atoms with Crippen molar-refractivity contribution < 1.29 is 9.59 Å². The molecule has 1 unspecified atom stereocenters. The number of carbonyl (C=O) groups excluding carboxylic acids is 2. The van der Waals surface area contributed by atoms with E-state index < -0.39 is 0 Å². The lowest BCUT2D eigenvalue weighted by atomic mass is 9.84. The van der Waals surface area contributed by atoms with Gasteiger partial charge in [0.2, 0.25) is 5.91 Å². The first-order valence-electron chi connectivity index (χ1n) is 10.1. The Hall–Kier alpha value is -2.08. The SMILES string of the molecule is Cc1ccc(CN2CCN(C(=O)NC3CN4CCC3CC4)CC2=O)cc1C. The molecular formula is C21H30N4O2. The van der Waals surface area contributed by atoms with Crippen LogP contribution in [0.2, 0.25) is 0 Å². The van der Waals surface area contributed by atoms with Crippen LogP contribution in [0.25, 0.3) is 0 Å². The van der Waals surface area contributed by atoms with Crippen LogP contribution >= 0.6 is 0 Å². The topological polar surface area (TPSA) is 55.9 Å². The lowest BCUT2D eigenvalue weighted by Gasteiger charge is -2.45. The van der Waals surface area contributed by atoms with Crippen LogP contribution in [0, 0.1) is 19.8 Å². The third-order valence-electron chi connectivity index (χ3n) is 6.52. The molecule has 1 N–H and O–H groups in total. The van der Waals surface area contributed by atoms with Gasteiger partial charge in [-0.25, -0.2) is 4.79 Å². The number of nitrogens with zero attached hydrogens (tertiary/aromatic N) is 3. The molecule has 0 spiro atoms. The maximum Gasteiger partial charge on any atom is 0.318 e. The van der Waals surface area contributed by atoms with E-state index in [1.807, 2.05) is 4.90 Å². The van der Waals surface area contributed by atoms with Gasteiger partial charge in [0.15, 0.2) is 0 Å². The van der Waals surface area contributed by atoms with Crippen molar-refractivity contribution in [2.24, 2.45) is 5.92 Å². The van der Waals surface area contributed by atoms with E-state index in [-0.39, 0.29) is 24.5 Å². The number of amides is 3. The first-order valence-corrected chi connectivity index (χ1v) is 10.1. The van der Waals surface area contributed by atoms with Crippen molar-refractivity contribution in [3.8, 4) is 0 Å². The number of urea groups is 1. The maximum absolute atomic E-state index is 12.7. The second-order valence-electron chi connectivity index (χ2n) is 8.35. The van der Waals surface area contributed by atoms with Gasteiger partial charge in [-0.2, -0.15) is 0 Å². The Morgan fingerprint density at radius 3 is 2.52 bits per heavy atom. The quantitative estimate of drug-likeness (QED) is 0.882. The molecule has 4 aliphatic heterocycles. The zero-order valence-corrected chi connectivity index (χ0v) is 16.4. The van der Waals surface area contributed by atoms with Crippen LogP contribution in [0.3, 0.4) is 0 Å². The van der Waals surface area contributed by atoms with Crippen molar-refractivity contribution in [3.63, 3.8) is 0 Å². The van der Waals surface area contributed by atoms with Gasteiger partial charge in [0.1, 0.15) is 6.54 Å². The van der Waals surface area contributed by atoms with E-state index >= 15 is 0 Å². The number of hydrogen-bond donors (Lipinski definition) is 1. The zero-order chi connectivity index (χ0) is 19.0. The second-order valence-corrected chi connectivity index (χ2v) is 8.35. The highest BCUT2D eigenvalue weighted by Gasteiger charge is 2.36. The molecule has 1 aromatic carbocycles. The molecule has 0 aromatic heterocycles. The van der Waals surface area contributed by atoms with Crippen molar-refractivity contribution in [2.75, 3.05) is 39.3 Å². The minimum atomic E-state index is -0.0760. The lowest BCUT2D eigenvalue weighted by Crippen LogP contribution is -2.61. The Morgan fingerprint density at radius 2 is 1.89 bits per heavy atom. The van der Waals surface area contributed by atoms with Gasteiger partial charge < -0.3 is 20.0 Å².